The summed E-state index contributed by atoms with van der Waals surface area (Å²) < 4.78 is 1.33. The Labute approximate surface area is 131 Å². The first kappa shape index (κ1) is 15.3. The van der Waals surface area contributed by atoms with E-state index in [2.05, 4.69) is 59.1 Å². The molecule has 1 nitrogen and oxygen atoms in total. The van der Waals surface area contributed by atoms with Gasteiger partial charge in [0.2, 0.25) is 0 Å². The van der Waals surface area contributed by atoms with Crippen molar-refractivity contribution in [2.24, 2.45) is 5.92 Å². The van der Waals surface area contributed by atoms with Gasteiger partial charge in [0.1, 0.15) is 0 Å². The summed E-state index contributed by atoms with van der Waals surface area (Å²) >= 11 is 2.38. The van der Waals surface area contributed by atoms with Crippen LogP contribution in [0.4, 0.5) is 0 Å². The Hall–Kier alpha value is -0.0900. The van der Waals surface area contributed by atoms with Crippen molar-refractivity contribution in [2.45, 2.75) is 57.9 Å². The number of hydrogen-bond acceptors (Lipinski definition) is 1. The molecule has 1 aliphatic carbocycles. The zero-order valence-corrected chi connectivity index (χ0v) is 14.2. The fourth-order valence-corrected chi connectivity index (χ4v) is 3.53. The van der Waals surface area contributed by atoms with Gasteiger partial charge in [-0.1, -0.05) is 31.9 Å². The standard InChI is InChI=1S/C17H26IN/c1-2-13-19-17(15-5-3-4-6-15)12-9-14-7-10-16(18)11-8-14/h7-8,10-11,15,17,19H,2-6,9,12-13H2,1H3. The largest absolute Gasteiger partial charge is 0.314 e. The summed E-state index contributed by atoms with van der Waals surface area (Å²) in [5.41, 5.74) is 1.49. The number of halogens is 1. The molecule has 0 aromatic heterocycles. The van der Waals surface area contributed by atoms with Crippen LogP contribution >= 0.6 is 22.6 Å². The van der Waals surface area contributed by atoms with Gasteiger partial charge in [-0.25, -0.2) is 0 Å². The molecular formula is C17H26IN. The van der Waals surface area contributed by atoms with Gasteiger partial charge in [-0.2, -0.15) is 0 Å². The van der Waals surface area contributed by atoms with Crippen LogP contribution in [0.25, 0.3) is 0 Å². The van der Waals surface area contributed by atoms with E-state index in [0.717, 1.165) is 12.0 Å². The molecule has 19 heavy (non-hydrogen) atoms. The number of aryl methyl sites for hydroxylation is 1. The molecule has 1 saturated carbocycles. The Bertz CT molecular complexity index is 354. The molecule has 1 atom stereocenters. The Morgan fingerprint density at radius 2 is 1.89 bits per heavy atom. The third-order valence-corrected chi connectivity index (χ3v) is 5.00. The first-order chi connectivity index (χ1) is 9.29. The maximum absolute atomic E-state index is 3.79. The van der Waals surface area contributed by atoms with E-state index in [9.17, 15) is 0 Å². The van der Waals surface area contributed by atoms with Gasteiger partial charge in [0.25, 0.3) is 0 Å². The molecule has 1 aromatic rings. The van der Waals surface area contributed by atoms with Crippen molar-refractivity contribution in [3.05, 3.63) is 33.4 Å². The van der Waals surface area contributed by atoms with Crippen molar-refractivity contribution in [1.82, 2.24) is 5.32 Å². The second-order valence-electron chi connectivity index (χ2n) is 5.77. The molecule has 0 radical (unpaired) electrons. The average Bonchev–Trinajstić information content (AvgIpc) is 2.95. The van der Waals surface area contributed by atoms with Crippen LogP contribution in [-0.4, -0.2) is 12.6 Å². The molecule has 0 aliphatic heterocycles. The monoisotopic (exact) mass is 371 g/mol. The predicted octanol–water partition coefficient (Wildman–Crippen LogP) is 4.78. The lowest BCUT2D eigenvalue weighted by molar-refractivity contribution is 0.341. The third-order valence-electron chi connectivity index (χ3n) is 4.28. The molecule has 1 fully saturated rings. The molecule has 0 spiro atoms. The average molecular weight is 371 g/mol. The highest BCUT2D eigenvalue weighted by atomic mass is 127. The molecule has 1 aliphatic rings. The molecule has 0 saturated heterocycles. The second-order valence-corrected chi connectivity index (χ2v) is 7.02. The lowest BCUT2D eigenvalue weighted by Gasteiger charge is -2.25. The number of rotatable bonds is 7. The number of benzene rings is 1. The smallest absolute Gasteiger partial charge is 0.0130 e. The molecule has 0 amide bonds. The van der Waals surface area contributed by atoms with E-state index in [1.807, 2.05) is 0 Å². The highest BCUT2D eigenvalue weighted by Gasteiger charge is 2.23. The van der Waals surface area contributed by atoms with Gasteiger partial charge < -0.3 is 5.32 Å². The number of nitrogens with one attached hydrogen (secondary N) is 1. The Kier molecular flexibility index (Phi) is 6.65. The van der Waals surface area contributed by atoms with Crippen molar-refractivity contribution in [3.63, 3.8) is 0 Å². The van der Waals surface area contributed by atoms with E-state index in [1.54, 1.807) is 0 Å². The predicted molar refractivity (Wildman–Crippen MR) is 91.5 cm³/mol. The van der Waals surface area contributed by atoms with Gasteiger partial charge in [0.05, 0.1) is 0 Å². The lowest BCUT2D eigenvalue weighted by Crippen LogP contribution is -2.36. The van der Waals surface area contributed by atoms with Gasteiger partial charge >= 0.3 is 0 Å². The summed E-state index contributed by atoms with van der Waals surface area (Å²) in [4.78, 5) is 0. The maximum Gasteiger partial charge on any atom is 0.0130 e. The summed E-state index contributed by atoms with van der Waals surface area (Å²) in [6.07, 6.45) is 9.52. The van der Waals surface area contributed by atoms with E-state index in [1.165, 1.54) is 60.6 Å². The molecule has 106 valence electrons. The fraction of sp³-hybridized carbons (Fsp3) is 0.647. The van der Waals surface area contributed by atoms with Crippen molar-refractivity contribution < 1.29 is 0 Å². The van der Waals surface area contributed by atoms with E-state index in [-0.39, 0.29) is 0 Å². The highest BCUT2D eigenvalue weighted by molar-refractivity contribution is 14.1. The Morgan fingerprint density at radius 1 is 1.21 bits per heavy atom. The molecule has 1 N–H and O–H groups in total. The minimum absolute atomic E-state index is 0.738. The first-order valence-corrected chi connectivity index (χ1v) is 8.85. The molecule has 1 unspecified atom stereocenters. The minimum Gasteiger partial charge on any atom is -0.314 e. The van der Waals surface area contributed by atoms with E-state index in [0.29, 0.717) is 0 Å². The van der Waals surface area contributed by atoms with Crippen molar-refractivity contribution in [1.29, 1.82) is 0 Å². The minimum atomic E-state index is 0.738. The molecule has 0 heterocycles. The van der Waals surface area contributed by atoms with Crippen molar-refractivity contribution >= 4 is 22.6 Å². The van der Waals surface area contributed by atoms with E-state index >= 15 is 0 Å². The normalized spacial score (nSPS) is 17.8. The molecule has 2 rings (SSSR count). The molecule has 0 bridgehead atoms. The van der Waals surface area contributed by atoms with Gasteiger partial charge in [-0.05, 0) is 84.9 Å². The van der Waals surface area contributed by atoms with Crippen LogP contribution in [0.2, 0.25) is 0 Å². The van der Waals surface area contributed by atoms with Crippen LogP contribution in [0, 0.1) is 9.49 Å². The molecule has 2 heteroatoms. The summed E-state index contributed by atoms with van der Waals surface area (Å²) in [5.74, 6) is 0.926. The SMILES string of the molecule is CCCNC(CCc1ccc(I)cc1)C1CCCC1. The van der Waals surface area contributed by atoms with E-state index in [4.69, 9.17) is 0 Å². The van der Waals surface area contributed by atoms with Crippen LogP contribution in [0.15, 0.2) is 24.3 Å². The molecular weight excluding hydrogens is 345 g/mol. The van der Waals surface area contributed by atoms with Gasteiger partial charge in [0, 0.05) is 9.61 Å². The van der Waals surface area contributed by atoms with Crippen molar-refractivity contribution in [2.75, 3.05) is 6.54 Å². The van der Waals surface area contributed by atoms with Gasteiger partial charge in [-0.15, -0.1) is 0 Å². The molecule has 1 aromatic carbocycles. The Morgan fingerprint density at radius 3 is 2.53 bits per heavy atom. The lowest BCUT2D eigenvalue weighted by atomic mass is 9.92. The van der Waals surface area contributed by atoms with Crippen LogP contribution in [-0.2, 0) is 6.42 Å². The van der Waals surface area contributed by atoms with Crippen LogP contribution < -0.4 is 5.32 Å². The Balaban J connectivity index is 1.86. The fourth-order valence-electron chi connectivity index (χ4n) is 3.17. The second kappa shape index (κ2) is 8.25. The van der Waals surface area contributed by atoms with Crippen LogP contribution in [0.1, 0.15) is 51.0 Å². The highest BCUT2D eigenvalue weighted by Crippen LogP contribution is 2.29. The summed E-state index contributed by atoms with van der Waals surface area (Å²) in [6, 6.07) is 9.75. The first-order valence-electron chi connectivity index (χ1n) is 7.77. The summed E-state index contributed by atoms with van der Waals surface area (Å²) in [6.45, 7) is 3.44. The maximum atomic E-state index is 3.79. The van der Waals surface area contributed by atoms with Crippen LogP contribution in [0.5, 0.6) is 0 Å². The summed E-state index contributed by atoms with van der Waals surface area (Å²) in [5, 5.41) is 3.79. The van der Waals surface area contributed by atoms with Gasteiger partial charge in [0.15, 0.2) is 0 Å². The van der Waals surface area contributed by atoms with Crippen LogP contribution in [0.3, 0.4) is 0 Å². The van der Waals surface area contributed by atoms with Gasteiger partial charge in [-0.3, -0.25) is 0 Å². The zero-order valence-electron chi connectivity index (χ0n) is 12.0. The third kappa shape index (κ3) is 5.07. The topological polar surface area (TPSA) is 12.0 Å². The van der Waals surface area contributed by atoms with E-state index < -0.39 is 0 Å². The zero-order chi connectivity index (χ0) is 13.5. The summed E-state index contributed by atoms with van der Waals surface area (Å²) in [7, 11) is 0. The quantitative estimate of drug-likeness (QED) is 0.680. The number of hydrogen-bond donors (Lipinski definition) is 1. The van der Waals surface area contributed by atoms with Crippen molar-refractivity contribution in [3.8, 4) is 0 Å².